The smallest absolute Gasteiger partial charge is 0.320 e. The molecule has 0 bridgehead atoms. The summed E-state index contributed by atoms with van der Waals surface area (Å²) in [5.41, 5.74) is 5.26. The highest BCUT2D eigenvalue weighted by molar-refractivity contribution is 7.57. The minimum absolute atomic E-state index is 0.0268. The van der Waals surface area contributed by atoms with Gasteiger partial charge in [-0.25, -0.2) is 0 Å². The molecular weight excluding hydrogens is 273 g/mol. The van der Waals surface area contributed by atoms with E-state index in [1.165, 1.54) is 0 Å². The zero-order valence-electron chi connectivity index (χ0n) is 11.1. The van der Waals surface area contributed by atoms with Gasteiger partial charge in [0.15, 0.2) is 0 Å². The molecule has 0 amide bonds. The number of carbonyl (C=O) groups excluding carboxylic acids is 1. The van der Waals surface area contributed by atoms with Gasteiger partial charge in [0.1, 0.15) is 6.04 Å². The topological polar surface area (TPSA) is 127 Å². The van der Waals surface area contributed by atoms with Crippen LogP contribution in [0.4, 0.5) is 0 Å². The van der Waals surface area contributed by atoms with Crippen molar-refractivity contribution in [3.8, 4) is 0 Å². The van der Waals surface area contributed by atoms with Crippen LogP contribution in [0, 0.1) is 0 Å². The molecule has 7 nitrogen and oxygen atoms in total. The summed E-state index contributed by atoms with van der Waals surface area (Å²) in [6.45, 7) is 2.04. The van der Waals surface area contributed by atoms with E-state index in [0.29, 0.717) is 19.4 Å². The van der Waals surface area contributed by atoms with Crippen molar-refractivity contribution in [1.82, 2.24) is 0 Å². The van der Waals surface area contributed by atoms with Crippen LogP contribution in [0.2, 0.25) is 0 Å². The Morgan fingerprint density at radius 3 is 2.47 bits per heavy atom. The molecule has 19 heavy (non-hydrogen) atoms. The van der Waals surface area contributed by atoms with Crippen LogP contribution < -0.4 is 5.73 Å². The Balaban J connectivity index is 3.82. The number of hydrogen-bond donors (Lipinski definition) is 3. The van der Waals surface area contributed by atoms with E-state index >= 15 is 0 Å². The number of carbonyl (C=O) groups is 2. The molecule has 0 radical (unpaired) electrons. The average molecular weight is 295 g/mol. The Hall–Kier alpha value is -0.910. The van der Waals surface area contributed by atoms with E-state index in [2.05, 4.69) is 0 Å². The first-order valence-corrected chi connectivity index (χ1v) is 8.26. The molecule has 0 saturated heterocycles. The predicted octanol–water partition coefficient (Wildman–Crippen LogP) is 0.792. The monoisotopic (exact) mass is 295 g/mol. The number of carboxylic acids is 1. The second-order valence-electron chi connectivity index (χ2n) is 4.29. The summed E-state index contributed by atoms with van der Waals surface area (Å²) in [6.07, 6.45) is 1.06. The maximum atomic E-state index is 11.7. The molecule has 112 valence electrons. The fourth-order valence-corrected chi connectivity index (χ4v) is 3.06. The lowest BCUT2D eigenvalue weighted by molar-refractivity contribution is -0.143. The maximum absolute atomic E-state index is 11.7. The second-order valence-corrected chi connectivity index (χ2v) is 6.88. The molecule has 0 saturated carbocycles. The number of ether oxygens (including phenoxy) is 1. The van der Waals surface area contributed by atoms with Crippen LogP contribution in [0.15, 0.2) is 0 Å². The Labute approximate surface area is 112 Å². The van der Waals surface area contributed by atoms with Crippen molar-refractivity contribution in [3.63, 3.8) is 0 Å². The van der Waals surface area contributed by atoms with Crippen molar-refractivity contribution in [1.29, 1.82) is 0 Å². The van der Waals surface area contributed by atoms with E-state index in [0.717, 1.165) is 0 Å². The number of rotatable bonds is 10. The van der Waals surface area contributed by atoms with E-state index in [9.17, 15) is 19.0 Å². The van der Waals surface area contributed by atoms with Crippen LogP contribution in [0.25, 0.3) is 0 Å². The molecular formula is C11H22NO6P. The highest BCUT2D eigenvalue weighted by Gasteiger charge is 2.21. The summed E-state index contributed by atoms with van der Waals surface area (Å²) in [5, 5.41) is 8.56. The lowest BCUT2D eigenvalue weighted by Gasteiger charge is -2.12. The van der Waals surface area contributed by atoms with Crippen LogP contribution in [0.3, 0.4) is 0 Å². The highest BCUT2D eigenvalue weighted by atomic mass is 31.2. The van der Waals surface area contributed by atoms with Crippen molar-refractivity contribution in [3.05, 3.63) is 0 Å². The fraction of sp³-hybridized carbons (Fsp3) is 0.818. The molecule has 0 aromatic heterocycles. The molecule has 4 N–H and O–H groups in total. The number of hydrogen-bond acceptors (Lipinski definition) is 5. The Morgan fingerprint density at radius 1 is 1.32 bits per heavy atom. The second kappa shape index (κ2) is 9.07. The van der Waals surface area contributed by atoms with Gasteiger partial charge in [-0.2, -0.15) is 0 Å². The van der Waals surface area contributed by atoms with Gasteiger partial charge in [-0.05, 0) is 26.2 Å². The van der Waals surface area contributed by atoms with Gasteiger partial charge in [0.2, 0.25) is 7.37 Å². The molecule has 2 atom stereocenters. The number of aliphatic carboxylic acids is 1. The number of unbranched alkanes of at least 4 members (excludes halogenated alkanes) is 1. The van der Waals surface area contributed by atoms with Crippen molar-refractivity contribution in [2.24, 2.45) is 5.73 Å². The number of carboxylic acid groups (broad SMARTS) is 1. The van der Waals surface area contributed by atoms with Gasteiger partial charge in [0, 0.05) is 18.7 Å². The van der Waals surface area contributed by atoms with E-state index in [1.54, 1.807) is 6.92 Å². The van der Waals surface area contributed by atoms with Gasteiger partial charge in [-0.15, -0.1) is 0 Å². The first-order chi connectivity index (χ1) is 8.78. The van der Waals surface area contributed by atoms with Gasteiger partial charge in [0.25, 0.3) is 0 Å². The average Bonchev–Trinajstić information content (AvgIpc) is 2.32. The minimum atomic E-state index is -3.36. The summed E-state index contributed by atoms with van der Waals surface area (Å²) < 4.78 is 16.4. The van der Waals surface area contributed by atoms with Crippen molar-refractivity contribution < 1.29 is 28.9 Å². The van der Waals surface area contributed by atoms with Crippen LogP contribution >= 0.6 is 7.37 Å². The summed E-state index contributed by atoms with van der Waals surface area (Å²) in [6, 6.07) is -1.11. The standard InChI is InChI=1S/C11H22NO6P/c1-2-18-10(13)5-3-4-7-19(16,17)8-6-9(12)11(14)15/h9H,2-8,12H2,1H3,(H,14,15)(H,16,17). The molecule has 0 aliphatic carbocycles. The lowest BCUT2D eigenvalue weighted by Crippen LogP contribution is -2.30. The van der Waals surface area contributed by atoms with E-state index in [4.69, 9.17) is 15.6 Å². The van der Waals surface area contributed by atoms with E-state index in [-0.39, 0.29) is 31.1 Å². The first-order valence-electron chi connectivity index (χ1n) is 6.23. The predicted molar refractivity (Wildman–Crippen MR) is 70.3 cm³/mol. The molecule has 0 rings (SSSR count). The van der Waals surface area contributed by atoms with Crippen LogP contribution in [-0.2, 0) is 18.9 Å². The molecule has 8 heteroatoms. The summed E-state index contributed by atoms with van der Waals surface area (Å²) in [7, 11) is -3.36. The lowest BCUT2D eigenvalue weighted by atomic mass is 10.2. The normalized spacial score (nSPS) is 15.5. The summed E-state index contributed by atoms with van der Waals surface area (Å²) in [5.74, 6) is -1.49. The fourth-order valence-electron chi connectivity index (χ4n) is 1.44. The van der Waals surface area contributed by atoms with Gasteiger partial charge in [0.05, 0.1) is 6.61 Å². The Kier molecular flexibility index (Phi) is 8.63. The third-order valence-corrected chi connectivity index (χ3v) is 4.52. The molecule has 0 spiro atoms. The largest absolute Gasteiger partial charge is 0.480 e. The number of esters is 1. The van der Waals surface area contributed by atoms with Gasteiger partial charge >= 0.3 is 11.9 Å². The van der Waals surface area contributed by atoms with Crippen molar-refractivity contribution in [2.75, 3.05) is 18.9 Å². The zero-order chi connectivity index (χ0) is 14.9. The SMILES string of the molecule is CCOC(=O)CCCCP(=O)(O)CCC(N)C(=O)O. The Morgan fingerprint density at radius 2 is 1.95 bits per heavy atom. The molecule has 0 heterocycles. The molecule has 0 aromatic carbocycles. The molecule has 2 unspecified atom stereocenters. The molecule has 0 aliphatic heterocycles. The van der Waals surface area contributed by atoms with E-state index < -0.39 is 19.4 Å². The third kappa shape index (κ3) is 9.64. The summed E-state index contributed by atoms with van der Waals surface area (Å²) >= 11 is 0. The van der Waals surface area contributed by atoms with E-state index in [1.807, 2.05) is 0 Å². The van der Waals surface area contributed by atoms with Crippen LogP contribution in [0.5, 0.6) is 0 Å². The maximum Gasteiger partial charge on any atom is 0.320 e. The minimum Gasteiger partial charge on any atom is -0.480 e. The molecule has 0 fully saturated rings. The highest BCUT2D eigenvalue weighted by Crippen LogP contribution is 2.42. The van der Waals surface area contributed by atoms with Gasteiger partial charge < -0.3 is 20.5 Å². The Bertz CT molecular complexity index is 346. The van der Waals surface area contributed by atoms with Gasteiger partial charge in [-0.3, -0.25) is 14.2 Å². The van der Waals surface area contributed by atoms with Crippen LogP contribution in [-0.4, -0.2) is 46.9 Å². The van der Waals surface area contributed by atoms with Crippen LogP contribution in [0.1, 0.15) is 32.6 Å². The first kappa shape index (κ1) is 18.1. The summed E-state index contributed by atoms with van der Waals surface area (Å²) in [4.78, 5) is 31.1. The van der Waals surface area contributed by atoms with Crippen molar-refractivity contribution >= 4 is 19.3 Å². The quantitative estimate of drug-likeness (QED) is 0.309. The molecule has 0 aliphatic rings. The van der Waals surface area contributed by atoms with Crippen molar-refractivity contribution in [2.45, 2.75) is 38.6 Å². The zero-order valence-corrected chi connectivity index (χ0v) is 12.0. The molecule has 0 aromatic rings. The van der Waals surface area contributed by atoms with Gasteiger partial charge in [-0.1, -0.05) is 0 Å². The third-order valence-electron chi connectivity index (χ3n) is 2.55. The number of nitrogens with two attached hydrogens (primary N) is 1.